The third-order valence-corrected chi connectivity index (χ3v) is 13.5. The van der Waals surface area contributed by atoms with E-state index in [-0.39, 0.29) is 12.5 Å². The molecule has 0 spiro atoms. The number of unbranched alkanes of at least 4 members (excludes halogenated alkanes) is 22. The number of aliphatic hydroxyl groups is 5. The Morgan fingerprint density at radius 2 is 0.840 bits per heavy atom. The van der Waals surface area contributed by atoms with Gasteiger partial charge in [0, 0.05) is 6.42 Å². The van der Waals surface area contributed by atoms with Crippen LogP contribution in [0.15, 0.2) is 122 Å². The SMILES string of the molecule is CC/C=C\C/C=C\C/C=C\C/C=C\C/C=C\C/C=C\C/C=C\CCCCCCCCCCCC(=O)NC(COC1OC(CO)C(O)C(O)C1O)C(O)/C=C/CC/C=C/CC/C=C/CCCCCCCCCCCCC. The number of hydrogen-bond acceptors (Lipinski definition) is 8. The monoisotopic (exact) mass is 1050 g/mol. The number of carbonyl (C=O) groups excluding carboxylic acids is 1. The standard InChI is InChI=1S/C66H111NO8/c1-3-5-7-9-11-13-15-17-19-21-23-25-26-27-28-29-30-31-32-33-34-36-38-40-42-44-46-48-50-52-54-56-62(70)67-59(58-74-66-65(73)64(72)63(71)61(57-68)75-66)60(69)55-53-51-49-47-45-43-41-39-37-35-24-22-20-18-16-14-12-10-8-6-4-2/h5,7,11,13,17,19,23,25,27-28,30-31,33-34,37,39,45,47,53,55,59-61,63-66,68-69,71-73H,3-4,6,8-10,12,14-16,18,20-22,24,26,29,32,35-36,38,40-44,46,48-52,54,56-58H2,1-2H3,(H,67,70)/b7-5-,13-11-,19-17-,25-23-,28-27-,31-30-,34-33-,39-37+,47-45+,55-53+. The molecule has 1 amide bonds. The van der Waals surface area contributed by atoms with Crippen molar-refractivity contribution in [3.05, 3.63) is 122 Å². The summed E-state index contributed by atoms with van der Waals surface area (Å²) in [5.41, 5.74) is 0. The lowest BCUT2D eigenvalue weighted by molar-refractivity contribution is -0.302. The number of amides is 1. The normalized spacial score (nSPS) is 19.8. The zero-order valence-corrected chi connectivity index (χ0v) is 47.5. The fourth-order valence-electron chi connectivity index (χ4n) is 8.76. The summed E-state index contributed by atoms with van der Waals surface area (Å²) in [7, 11) is 0. The Bertz CT molecular complexity index is 1590. The molecule has 9 nitrogen and oxygen atoms in total. The third kappa shape index (κ3) is 43.3. The Balaban J connectivity index is 2.25. The van der Waals surface area contributed by atoms with Gasteiger partial charge in [-0.05, 0) is 103 Å². The Labute approximate surface area is 458 Å². The average Bonchev–Trinajstić information content (AvgIpc) is 3.41. The molecule has 1 aliphatic heterocycles. The van der Waals surface area contributed by atoms with Crippen LogP contribution in [0.2, 0.25) is 0 Å². The van der Waals surface area contributed by atoms with Gasteiger partial charge < -0.3 is 40.3 Å². The molecule has 0 aromatic carbocycles. The van der Waals surface area contributed by atoms with E-state index in [1.165, 1.54) is 103 Å². The van der Waals surface area contributed by atoms with E-state index in [9.17, 15) is 30.3 Å². The molecular weight excluding hydrogens is 935 g/mol. The third-order valence-electron chi connectivity index (χ3n) is 13.5. The first-order valence-corrected chi connectivity index (χ1v) is 30.3. The number of ether oxygens (including phenoxy) is 2. The fourth-order valence-corrected chi connectivity index (χ4v) is 8.76. The summed E-state index contributed by atoms with van der Waals surface area (Å²) >= 11 is 0. The molecule has 75 heavy (non-hydrogen) atoms. The predicted octanol–water partition coefficient (Wildman–Crippen LogP) is 15.5. The molecule has 7 unspecified atom stereocenters. The van der Waals surface area contributed by atoms with E-state index in [1.807, 2.05) is 6.08 Å². The van der Waals surface area contributed by atoms with Gasteiger partial charge >= 0.3 is 0 Å². The van der Waals surface area contributed by atoms with Gasteiger partial charge in [0.2, 0.25) is 5.91 Å². The first kappa shape index (κ1) is 69.6. The van der Waals surface area contributed by atoms with E-state index >= 15 is 0 Å². The second kappa shape index (κ2) is 54.0. The fraction of sp³-hybridized carbons (Fsp3) is 0.682. The van der Waals surface area contributed by atoms with E-state index < -0.39 is 49.5 Å². The Morgan fingerprint density at radius 3 is 1.28 bits per heavy atom. The molecule has 1 aliphatic rings. The molecule has 0 aliphatic carbocycles. The van der Waals surface area contributed by atoms with Gasteiger partial charge in [-0.15, -0.1) is 0 Å². The van der Waals surface area contributed by atoms with E-state index in [2.05, 4.69) is 129 Å². The smallest absolute Gasteiger partial charge is 0.220 e. The molecular formula is C66H111NO8. The van der Waals surface area contributed by atoms with Crippen LogP contribution in [0.3, 0.4) is 0 Å². The lowest BCUT2D eigenvalue weighted by Crippen LogP contribution is -2.60. The lowest BCUT2D eigenvalue weighted by Gasteiger charge is -2.40. The van der Waals surface area contributed by atoms with Crippen molar-refractivity contribution in [1.82, 2.24) is 5.32 Å². The average molecular weight is 1050 g/mol. The molecule has 0 aromatic heterocycles. The molecule has 1 fully saturated rings. The minimum absolute atomic E-state index is 0.202. The Morgan fingerprint density at radius 1 is 0.467 bits per heavy atom. The van der Waals surface area contributed by atoms with E-state index in [0.29, 0.717) is 6.42 Å². The van der Waals surface area contributed by atoms with Crippen LogP contribution in [0.1, 0.15) is 232 Å². The van der Waals surface area contributed by atoms with Crippen molar-refractivity contribution in [2.24, 2.45) is 0 Å². The summed E-state index contributed by atoms with van der Waals surface area (Å²) < 4.78 is 11.3. The largest absolute Gasteiger partial charge is 0.394 e. The van der Waals surface area contributed by atoms with E-state index in [4.69, 9.17) is 9.47 Å². The number of rotatable bonds is 50. The maximum Gasteiger partial charge on any atom is 0.220 e. The number of allylic oxidation sites excluding steroid dienone is 19. The molecule has 6 N–H and O–H groups in total. The van der Waals surface area contributed by atoms with Crippen molar-refractivity contribution in [2.45, 2.75) is 275 Å². The maximum atomic E-state index is 13.1. The van der Waals surface area contributed by atoms with Crippen LogP contribution in [0.25, 0.3) is 0 Å². The molecule has 0 saturated carbocycles. The van der Waals surface area contributed by atoms with Gasteiger partial charge in [-0.3, -0.25) is 4.79 Å². The first-order valence-electron chi connectivity index (χ1n) is 30.3. The van der Waals surface area contributed by atoms with Crippen molar-refractivity contribution < 1.29 is 39.8 Å². The van der Waals surface area contributed by atoms with Crippen molar-refractivity contribution in [3.63, 3.8) is 0 Å². The number of aliphatic hydroxyl groups excluding tert-OH is 5. The van der Waals surface area contributed by atoms with Gasteiger partial charge in [-0.25, -0.2) is 0 Å². The molecule has 0 radical (unpaired) electrons. The Hall–Kier alpha value is -3.41. The summed E-state index contributed by atoms with van der Waals surface area (Å²) in [5.74, 6) is -0.202. The van der Waals surface area contributed by atoms with Crippen LogP contribution in [0.5, 0.6) is 0 Å². The van der Waals surface area contributed by atoms with Gasteiger partial charge in [-0.2, -0.15) is 0 Å². The number of nitrogens with one attached hydrogen (secondary N) is 1. The second-order valence-electron chi connectivity index (χ2n) is 20.4. The minimum Gasteiger partial charge on any atom is -0.394 e. The molecule has 9 heteroatoms. The topological polar surface area (TPSA) is 149 Å². The van der Waals surface area contributed by atoms with Crippen LogP contribution >= 0.6 is 0 Å². The van der Waals surface area contributed by atoms with Crippen molar-refractivity contribution >= 4 is 5.91 Å². The molecule has 428 valence electrons. The molecule has 0 aromatic rings. The predicted molar refractivity (Wildman–Crippen MR) is 317 cm³/mol. The summed E-state index contributed by atoms with van der Waals surface area (Å²) in [6.45, 7) is 3.64. The maximum absolute atomic E-state index is 13.1. The van der Waals surface area contributed by atoms with Crippen LogP contribution in [-0.2, 0) is 14.3 Å². The summed E-state index contributed by atoms with van der Waals surface area (Å²) in [6, 6.07) is -0.841. The second-order valence-corrected chi connectivity index (χ2v) is 20.4. The summed E-state index contributed by atoms with van der Waals surface area (Å²) in [6.07, 6.45) is 74.0. The molecule has 7 atom stereocenters. The first-order chi connectivity index (χ1) is 36.8. The van der Waals surface area contributed by atoms with E-state index in [1.54, 1.807) is 6.08 Å². The van der Waals surface area contributed by atoms with E-state index in [0.717, 1.165) is 109 Å². The zero-order chi connectivity index (χ0) is 54.3. The van der Waals surface area contributed by atoms with Gasteiger partial charge in [0.1, 0.15) is 24.4 Å². The van der Waals surface area contributed by atoms with Crippen molar-refractivity contribution in [3.8, 4) is 0 Å². The van der Waals surface area contributed by atoms with Crippen LogP contribution < -0.4 is 5.32 Å². The van der Waals surface area contributed by atoms with Crippen LogP contribution in [-0.4, -0.2) is 87.5 Å². The molecule has 1 saturated heterocycles. The zero-order valence-electron chi connectivity index (χ0n) is 47.5. The highest BCUT2D eigenvalue weighted by Gasteiger charge is 2.44. The van der Waals surface area contributed by atoms with Gasteiger partial charge in [0.15, 0.2) is 6.29 Å². The number of hydrogen-bond donors (Lipinski definition) is 6. The summed E-state index contributed by atoms with van der Waals surface area (Å²) in [5, 5.41) is 54.5. The lowest BCUT2D eigenvalue weighted by atomic mass is 9.99. The van der Waals surface area contributed by atoms with Gasteiger partial charge in [-0.1, -0.05) is 245 Å². The Kier molecular flexibility index (Phi) is 50.1. The van der Waals surface area contributed by atoms with Gasteiger partial charge in [0.25, 0.3) is 0 Å². The molecule has 0 bridgehead atoms. The van der Waals surface area contributed by atoms with Crippen molar-refractivity contribution in [2.75, 3.05) is 13.2 Å². The number of carbonyl (C=O) groups is 1. The highest BCUT2D eigenvalue weighted by atomic mass is 16.7. The highest BCUT2D eigenvalue weighted by Crippen LogP contribution is 2.23. The quantitative estimate of drug-likeness (QED) is 0.0261. The highest BCUT2D eigenvalue weighted by molar-refractivity contribution is 5.76. The van der Waals surface area contributed by atoms with Crippen molar-refractivity contribution in [1.29, 1.82) is 0 Å². The van der Waals surface area contributed by atoms with Gasteiger partial charge in [0.05, 0.1) is 25.4 Å². The minimum atomic E-state index is -1.58. The molecule has 1 heterocycles. The summed E-state index contributed by atoms with van der Waals surface area (Å²) in [4.78, 5) is 13.1. The van der Waals surface area contributed by atoms with Crippen LogP contribution in [0.4, 0.5) is 0 Å². The van der Waals surface area contributed by atoms with Crippen LogP contribution in [0, 0.1) is 0 Å². The molecule has 1 rings (SSSR count).